The van der Waals surface area contributed by atoms with Crippen LogP contribution < -0.4 is 21.3 Å². The summed E-state index contributed by atoms with van der Waals surface area (Å²) in [7, 11) is 0. The quantitative estimate of drug-likeness (QED) is 0.0203. The maximum atomic E-state index is 12.4. The van der Waals surface area contributed by atoms with Crippen molar-refractivity contribution in [1.29, 1.82) is 0 Å². The van der Waals surface area contributed by atoms with E-state index in [0.717, 1.165) is 165 Å². The summed E-state index contributed by atoms with van der Waals surface area (Å²) >= 11 is 24.9. The molecule has 25 heteroatoms. The molecule has 0 saturated carbocycles. The van der Waals surface area contributed by atoms with Gasteiger partial charge in [0.1, 0.15) is 22.3 Å². The first-order chi connectivity index (χ1) is 51.9. The van der Waals surface area contributed by atoms with Gasteiger partial charge >= 0.3 is 23.9 Å². The molecule has 8 heterocycles. The van der Waals surface area contributed by atoms with E-state index in [-0.39, 0.29) is 11.9 Å². The van der Waals surface area contributed by atoms with E-state index >= 15 is 0 Å². The normalized spacial score (nSPS) is 15.0. The number of aromatic nitrogens is 4. The number of anilines is 4. The minimum atomic E-state index is -0.403. The molecule has 4 aromatic carbocycles. The molecule has 0 amide bonds. The molecule has 107 heavy (non-hydrogen) atoms. The lowest BCUT2D eigenvalue weighted by Crippen LogP contribution is -2.37. The van der Waals surface area contributed by atoms with Gasteiger partial charge in [-0.1, -0.05) is 82.5 Å². The van der Waals surface area contributed by atoms with E-state index in [4.69, 9.17) is 70.1 Å². The minimum Gasteiger partial charge on any atom is -0.462 e. The smallest absolute Gasteiger partial charge is 0.341 e. The topological polar surface area (TPSA) is 227 Å². The first-order valence-electron chi connectivity index (χ1n) is 38.4. The summed E-state index contributed by atoms with van der Waals surface area (Å²) in [6.07, 6.45) is 20.8. The molecule has 0 atom stereocenters. The van der Waals surface area contributed by atoms with Crippen LogP contribution in [0.25, 0.3) is 43.6 Å². The number of hydrogen-bond acceptors (Lipinski definition) is 21. The summed E-state index contributed by atoms with van der Waals surface area (Å²) in [6.45, 7) is 34.8. The van der Waals surface area contributed by atoms with Crippen LogP contribution in [0.2, 0.25) is 20.1 Å². The number of hydrogen-bond donors (Lipinski definition) is 4. The maximum absolute atomic E-state index is 12.4. The van der Waals surface area contributed by atoms with Crippen molar-refractivity contribution in [3.05, 3.63) is 138 Å². The highest BCUT2D eigenvalue weighted by atomic mass is 35.5. The number of aryl methyl sites for hydroxylation is 4. The average molecular weight is 1550 g/mol. The van der Waals surface area contributed by atoms with Gasteiger partial charge in [-0.05, 0) is 233 Å². The third kappa shape index (κ3) is 24.0. The zero-order valence-corrected chi connectivity index (χ0v) is 66.8. The Morgan fingerprint density at radius 1 is 0.374 bits per heavy atom. The van der Waals surface area contributed by atoms with Crippen LogP contribution in [0.1, 0.15) is 168 Å². The van der Waals surface area contributed by atoms with E-state index in [0.29, 0.717) is 91.2 Å². The molecule has 12 rings (SSSR count). The number of nitrogens with zero attached hydrogens (tertiary/aromatic N) is 8. The second kappa shape index (κ2) is 43.1. The molecule has 4 aromatic heterocycles. The van der Waals surface area contributed by atoms with E-state index in [1.165, 1.54) is 109 Å². The standard InChI is InChI=1S/C22H31N3O2.C21H29N3O3.C20H25Cl2N3O2.C19H23Cl2N3O2/c1-4-27-22(26)19-15-24-20-17(3)13-16(2)14-18(20)21(19)23-9-8-12-25-10-6-5-7-11-25;1-4-27-21(25)18-14-23-19-16(3)12-15(2)13-17(19)20(18)22-6-5-7-24-8-10-26-11-9-24;1-2-27-20(26)16-13-24-19-15(11-14(21)12-17(19)22)18(16)23-7-6-10-25-8-4-3-5-9-25;1-2-26-19(25)15-12-23-18-14(10-13(20)11-16(18)21)17(15)22-6-5-9-24-7-3-4-8-24/h13-15H,4-12H2,1-3H3,(H,23,24);12-14H,4-11H2,1-3H3,(H,22,23);11-13H,2-10H2,1H3,(H,23,24);10-12H,2-9H2,1H3,(H,22,23). The van der Waals surface area contributed by atoms with E-state index in [9.17, 15) is 19.2 Å². The van der Waals surface area contributed by atoms with Crippen molar-refractivity contribution < 1.29 is 42.9 Å². The Labute approximate surface area is 651 Å². The van der Waals surface area contributed by atoms with Crippen LogP contribution in [0.5, 0.6) is 0 Å². The Morgan fingerprint density at radius 2 is 0.645 bits per heavy atom. The molecule has 0 spiro atoms. The Kier molecular flexibility index (Phi) is 33.7. The number of esters is 4. The monoisotopic (exact) mass is 1540 g/mol. The Morgan fingerprint density at radius 3 is 0.944 bits per heavy atom. The first kappa shape index (κ1) is 83.6. The van der Waals surface area contributed by atoms with Crippen LogP contribution in [-0.4, -0.2) is 208 Å². The van der Waals surface area contributed by atoms with E-state index in [1.807, 2.05) is 13.8 Å². The molecule has 0 unspecified atom stereocenters. The third-order valence-electron chi connectivity index (χ3n) is 19.4. The Hall–Kier alpha value is -7.44. The second-order valence-electron chi connectivity index (χ2n) is 27.5. The summed E-state index contributed by atoms with van der Waals surface area (Å²) in [4.78, 5) is 77.3. The number of fused-ring (bicyclic) bond motifs is 4. The fourth-order valence-corrected chi connectivity index (χ4v) is 15.3. The van der Waals surface area contributed by atoms with Crippen molar-refractivity contribution in [2.45, 2.75) is 132 Å². The van der Waals surface area contributed by atoms with E-state index in [2.05, 4.69) is 113 Å². The summed E-state index contributed by atoms with van der Waals surface area (Å²) in [5.74, 6) is -1.45. The number of ether oxygens (including phenoxy) is 5. The molecule has 4 aliphatic heterocycles. The van der Waals surface area contributed by atoms with Crippen LogP contribution in [0.3, 0.4) is 0 Å². The number of carbonyl (C=O) groups is 4. The number of pyridine rings is 4. The predicted octanol–water partition coefficient (Wildman–Crippen LogP) is 17.1. The molecule has 8 aromatic rings. The van der Waals surface area contributed by atoms with Crippen LogP contribution in [0.4, 0.5) is 22.7 Å². The highest BCUT2D eigenvalue weighted by molar-refractivity contribution is 6.39. The minimum absolute atomic E-state index is 0.307. The number of piperidine rings is 2. The van der Waals surface area contributed by atoms with Crippen LogP contribution in [0, 0.1) is 27.7 Å². The van der Waals surface area contributed by atoms with E-state index in [1.54, 1.807) is 50.5 Å². The number of nitrogens with one attached hydrogen (secondary N) is 4. The van der Waals surface area contributed by atoms with Gasteiger partial charge in [-0.25, -0.2) is 19.2 Å². The Bertz CT molecular complexity index is 3960. The van der Waals surface area contributed by atoms with Gasteiger partial charge in [-0.2, -0.15) is 0 Å². The summed E-state index contributed by atoms with van der Waals surface area (Å²) < 4.78 is 26.2. The summed E-state index contributed by atoms with van der Waals surface area (Å²) in [5, 5.41) is 19.2. The molecule has 4 saturated heterocycles. The zero-order chi connectivity index (χ0) is 76.2. The number of likely N-dealkylation sites (tertiary alicyclic amines) is 3. The lowest BCUT2D eigenvalue weighted by atomic mass is 10.0. The molecule has 4 N–H and O–H groups in total. The van der Waals surface area contributed by atoms with Gasteiger partial charge in [-0.3, -0.25) is 24.8 Å². The fraction of sp³-hybridized carbons (Fsp3) is 0.512. The highest BCUT2D eigenvalue weighted by Crippen LogP contribution is 2.37. The van der Waals surface area contributed by atoms with Crippen LogP contribution >= 0.6 is 46.4 Å². The summed E-state index contributed by atoms with van der Waals surface area (Å²) in [5.41, 5.74) is 12.5. The molecule has 0 bridgehead atoms. The second-order valence-corrected chi connectivity index (χ2v) is 29.2. The molecule has 4 aliphatic rings. The van der Waals surface area contributed by atoms with Gasteiger partial charge in [0.05, 0.1) is 94.5 Å². The van der Waals surface area contributed by atoms with Gasteiger partial charge in [0, 0.05) is 95.6 Å². The van der Waals surface area contributed by atoms with E-state index < -0.39 is 11.9 Å². The van der Waals surface area contributed by atoms with Gasteiger partial charge in [-0.15, -0.1) is 0 Å². The third-order valence-corrected chi connectivity index (χ3v) is 20.4. The number of rotatable bonds is 28. The van der Waals surface area contributed by atoms with Crippen molar-refractivity contribution >= 4 is 137 Å². The van der Waals surface area contributed by atoms with Crippen molar-refractivity contribution in [3.8, 4) is 0 Å². The molecular formula is C82H108Cl4N12O9. The molecule has 4 fully saturated rings. The molecule has 21 nitrogen and oxygen atoms in total. The number of morpholine rings is 1. The lowest BCUT2D eigenvalue weighted by Gasteiger charge is -2.26. The highest BCUT2D eigenvalue weighted by Gasteiger charge is 2.24. The predicted molar refractivity (Wildman–Crippen MR) is 436 cm³/mol. The van der Waals surface area contributed by atoms with Gasteiger partial charge in [0.25, 0.3) is 0 Å². The Balaban J connectivity index is 0.000000165. The van der Waals surface area contributed by atoms with Gasteiger partial charge in [0.15, 0.2) is 0 Å². The maximum Gasteiger partial charge on any atom is 0.341 e. The number of halogens is 4. The fourth-order valence-electron chi connectivity index (χ4n) is 14.3. The van der Waals surface area contributed by atoms with Crippen molar-refractivity contribution in [1.82, 2.24) is 39.5 Å². The van der Waals surface area contributed by atoms with Crippen molar-refractivity contribution in [2.75, 3.05) is 166 Å². The summed E-state index contributed by atoms with van der Waals surface area (Å²) in [6, 6.07) is 15.3. The van der Waals surface area contributed by atoms with Crippen LogP contribution in [0.15, 0.2) is 73.3 Å². The number of carbonyl (C=O) groups excluding carboxylic acids is 4. The molecule has 578 valence electrons. The average Bonchev–Trinajstić information content (AvgIpc) is 0.972. The van der Waals surface area contributed by atoms with Gasteiger partial charge < -0.3 is 59.7 Å². The molecule has 0 radical (unpaired) electrons. The largest absolute Gasteiger partial charge is 0.462 e. The van der Waals surface area contributed by atoms with Crippen LogP contribution in [-0.2, 0) is 23.7 Å². The zero-order valence-electron chi connectivity index (χ0n) is 63.7. The van der Waals surface area contributed by atoms with Crippen molar-refractivity contribution in [2.24, 2.45) is 0 Å². The number of benzene rings is 4. The lowest BCUT2D eigenvalue weighted by molar-refractivity contribution is 0.0378. The molecular weight excluding hydrogens is 1440 g/mol. The van der Waals surface area contributed by atoms with Gasteiger partial charge in [0.2, 0.25) is 0 Å². The SMILES string of the molecule is CCOC(=O)c1cnc2c(C)cc(C)cc2c1NCCCN1CCCCC1.CCOC(=O)c1cnc2c(C)cc(C)cc2c1NCCCN1CCOCC1.CCOC(=O)c1cnc2c(Cl)cc(Cl)cc2c1NCCCN1CCCC1.CCOC(=O)c1cnc2c(Cl)cc(Cl)cc2c1NCCCN1CCCCC1. The first-order valence-corrected chi connectivity index (χ1v) is 39.9. The van der Waals surface area contributed by atoms with Crippen molar-refractivity contribution in [3.63, 3.8) is 0 Å². The molecule has 0 aliphatic carbocycles.